The lowest BCUT2D eigenvalue weighted by atomic mass is 10.3. The number of benzene rings is 1. The minimum atomic E-state index is -1.14. The first-order valence-electron chi connectivity index (χ1n) is 5.46. The molecule has 0 spiro atoms. The number of carbonyl (C=O) groups is 1. The molecule has 2 unspecified atom stereocenters. The maximum absolute atomic E-state index is 11.5. The van der Waals surface area contributed by atoms with E-state index in [1.54, 1.807) is 24.3 Å². The van der Waals surface area contributed by atoms with E-state index in [0.29, 0.717) is 5.75 Å². The van der Waals surface area contributed by atoms with Crippen LogP contribution in [-0.2, 0) is 9.53 Å². The van der Waals surface area contributed by atoms with E-state index in [9.17, 15) is 9.90 Å². The van der Waals surface area contributed by atoms with Crippen LogP contribution < -0.4 is 4.74 Å². The summed E-state index contributed by atoms with van der Waals surface area (Å²) in [7, 11) is 0. The smallest absolute Gasteiger partial charge is 0.336 e. The molecule has 0 aliphatic carbocycles. The van der Waals surface area contributed by atoms with Gasteiger partial charge in [-0.3, -0.25) is 0 Å². The molecule has 6 heteroatoms. The number of esters is 1. The molecular weight excluding hydrogens is 380 g/mol. The van der Waals surface area contributed by atoms with Gasteiger partial charge in [0.2, 0.25) is 0 Å². The maximum Gasteiger partial charge on any atom is 0.336 e. The van der Waals surface area contributed by atoms with Gasteiger partial charge in [-0.1, -0.05) is 56.6 Å². The first-order chi connectivity index (χ1) is 8.91. The zero-order valence-corrected chi connectivity index (χ0v) is 13.4. The predicted octanol–water partition coefficient (Wildman–Crippen LogP) is 2.99. The average molecular weight is 394 g/mol. The van der Waals surface area contributed by atoms with E-state index in [4.69, 9.17) is 9.47 Å². The van der Waals surface area contributed by atoms with Crippen LogP contribution in [-0.4, -0.2) is 27.2 Å². The molecule has 0 amide bonds. The van der Waals surface area contributed by atoms with E-state index in [1.807, 2.05) is 6.07 Å². The van der Waals surface area contributed by atoms with Crippen molar-refractivity contribution in [2.24, 2.45) is 0 Å². The Kier molecular flexibility index (Phi) is 6.54. The van der Waals surface area contributed by atoms with Gasteiger partial charge in [-0.25, -0.2) is 4.79 Å². The number of hydrogen-bond donors (Lipinski definition) is 1. The van der Waals surface area contributed by atoms with Gasteiger partial charge in [0.25, 0.3) is 6.29 Å². The van der Waals surface area contributed by atoms with Crippen molar-refractivity contribution in [2.75, 3.05) is 0 Å². The summed E-state index contributed by atoms with van der Waals surface area (Å²) >= 11 is 6.31. The number of alkyl halides is 2. The van der Waals surface area contributed by atoms with Gasteiger partial charge in [0, 0.05) is 5.57 Å². The van der Waals surface area contributed by atoms with Gasteiger partial charge < -0.3 is 14.6 Å². The highest BCUT2D eigenvalue weighted by Crippen LogP contribution is 2.21. The molecule has 0 radical (unpaired) electrons. The van der Waals surface area contributed by atoms with E-state index in [1.165, 1.54) is 6.92 Å². The van der Waals surface area contributed by atoms with Gasteiger partial charge in [-0.05, 0) is 19.1 Å². The van der Waals surface area contributed by atoms with Crippen molar-refractivity contribution < 1.29 is 19.4 Å². The molecule has 0 aliphatic rings. The van der Waals surface area contributed by atoms with Crippen molar-refractivity contribution in [3.63, 3.8) is 0 Å². The third-order valence-corrected chi connectivity index (χ3v) is 3.19. The third-order valence-electron chi connectivity index (χ3n) is 2.10. The molecule has 0 bridgehead atoms. The Morgan fingerprint density at radius 1 is 1.32 bits per heavy atom. The molecule has 104 valence electrons. The Labute approximate surface area is 128 Å². The summed E-state index contributed by atoms with van der Waals surface area (Å²) in [4.78, 5) is 11.5. The van der Waals surface area contributed by atoms with E-state index >= 15 is 0 Å². The maximum atomic E-state index is 11.5. The highest BCUT2D eigenvalue weighted by Gasteiger charge is 2.30. The number of para-hydroxylation sites is 1. The molecule has 0 saturated carbocycles. The second-order valence-corrected chi connectivity index (χ2v) is 7.01. The fraction of sp³-hybridized carbons (Fsp3) is 0.308. The molecule has 1 aromatic rings. The van der Waals surface area contributed by atoms with Crippen LogP contribution >= 0.6 is 31.9 Å². The highest BCUT2D eigenvalue weighted by molar-refractivity contribution is 9.24. The van der Waals surface area contributed by atoms with E-state index in [0.717, 1.165) is 0 Å². The van der Waals surface area contributed by atoms with Crippen molar-refractivity contribution in [1.29, 1.82) is 0 Å². The Morgan fingerprint density at radius 3 is 2.37 bits per heavy atom. The third kappa shape index (κ3) is 5.34. The summed E-state index contributed by atoms with van der Waals surface area (Å²) in [5.74, 6) is -0.137. The number of aliphatic hydroxyl groups is 1. The normalized spacial score (nSPS) is 13.7. The van der Waals surface area contributed by atoms with E-state index in [2.05, 4.69) is 38.4 Å². The molecule has 1 rings (SSSR count). The largest absolute Gasteiger partial charge is 0.452 e. The summed E-state index contributed by atoms with van der Waals surface area (Å²) in [6, 6.07) is 8.78. The molecule has 0 aromatic heterocycles. The monoisotopic (exact) mass is 392 g/mol. The Morgan fingerprint density at radius 2 is 1.89 bits per heavy atom. The van der Waals surface area contributed by atoms with Crippen LogP contribution in [0.25, 0.3) is 0 Å². The van der Waals surface area contributed by atoms with Crippen LogP contribution in [0.4, 0.5) is 0 Å². The molecule has 0 fully saturated rings. The lowest BCUT2D eigenvalue weighted by Gasteiger charge is -2.24. The van der Waals surface area contributed by atoms with Crippen molar-refractivity contribution in [3.05, 3.63) is 42.5 Å². The van der Waals surface area contributed by atoms with Crippen molar-refractivity contribution in [2.45, 2.75) is 23.1 Å². The number of aliphatic hydroxyl groups excluding tert-OH is 1. The lowest BCUT2D eigenvalue weighted by molar-refractivity contribution is -0.173. The molecular formula is C13H14Br2O4. The van der Waals surface area contributed by atoms with Gasteiger partial charge in [0.05, 0.1) is 0 Å². The minimum absolute atomic E-state index is 0.231. The minimum Gasteiger partial charge on any atom is -0.452 e. The Hall–Kier alpha value is -0.850. The van der Waals surface area contributed by atoms with Gasteiger partial charge in [0.15, 0.2) is 6.10 Å². The first kappa shape index (κ1) is 16.2. The number of rotatable bonds is 6. The predicted molar refractivity (Wildman–Crippen MR) is 79.4 cm³/mol. The van der Waals surface area contributed by atoms with Crippen molar-refractivity contribution >= 4 is 37.8 Å². The van der Waals surface area contributed by atoms with Crippen LogP contribution in [0, 0.1) is 0 Å². The average Bonchev–Trinajstić information content (AvgIpc) is 2.37. The summed E-state index contributed by atoms with van der Waals surface area (Å²) in [6.07, 6.45) is -2.22. The zero-order chi connectivity index (χ0) is 14.4. The highest BCUT2D eigenvalue weighted by atomic mass is 79.9. The summed E-state index contributed by atoms with van der Waals surface area (Å²) in [5.41, 5.74) is 0.231. The van der Waals surface area contributed by atoms with E-state index < -0.39 is 22.1 Å². The van der Waals surface area contributed by atoms with E-state index in [-0.39, 0.29) is 5.57 Å². The van der Waals surface area contributed by atoms with Gasteiger partial charge >= 0.3 is 5.97 Å². The Bertz CT molecular complexity index is 434. The van der Waals surface area contributed by atoms with Crippen LogP contribution in [0.5, 0.6) is 5.75 Å². The Balaban J connectivity index is 2.80. The lowest BCUT2D eigenvalue weighted by Crippen LogP contribution is -2.40. The van der Waals surface area contributed by atoms with Crippen LogP contribution in [0.1, 0.15) is 6.92 Å². The fourth-order valence-corrected chi connectivity index (χ4v) is 1.62. The second-order valence-electron chi connectivity index (χ2n) is 3.81. The molecule has 4 nitrogen and oxygen atoms in total. The van der Waals surface area contributed by atoms with Gasteiger partial charge in [-0.2, -0.15) is 0 Å². The molecule has 1 aromatic carbocycles. The molecule has 0 aliphatic heterocycles. The SMILES string of the molecule is C=C(C)C(=O)OC(Oc1ccccc1)C(O)C(Br)Br. The van der Waals surface area contributed by atoms with Crippen molar-refractivity contribution in [1.82, 2.24) is 0 Å². The number of hydrogen-bond acceptors (Lipinski definition) is 4. The van der Waals surface area contributed by atoms with Crippen LogP contribution in [0.2, 0.25) is 0 Å². The topological polar surface area (TPSA) is 55.8 Å². The summed E-state index contributed by atoms with van der Waals surface area (Å²) < 4.78 is 10.1. The summed E-state index contributed by atoms with van der Waals surface area (Å²) in [6.45, 7) is 5.01. The summed E-state index contributed by atoms with van der Waals surface area (Å²) in [5, 5.41) is 9.95. The number of carbonyl (C=O) groups excluding carboxylic acids is 1. The van der Waals surface area contributed by atoms with Gasteiger partial charge in [-0.15, -0.1) is 0 Å². The molecule has 1 N–H and O–H groups in total. The fourth-order valence-electron chi connectivity index (χ4n) is 1.12. The number of halogens is 2. The first-order valence-corrected chi connectivity index (χ1v) is 7.29. The quantitative estimate of drug-likeness (QED) is 0.349. The molecule has 0 heterocycles. The van der Waals surface area contributed by atoms with Crippen LogP contribution in [0.3, 0.4) is 0 Å². The van der Waals surface area contributed by atoms with Crippen molar-refractivity contribution in [3.8, 4) is 5.75 Å². The number of ether oxygens (including phenoxy) is 2. The molecule has 0 saturated heterocycles. The standard InChI is InChI=1S/C13H14Br2O4/c1-8(2)12(17)19-13(10(16)11(14)15)18-9-6-4-3-5-7-9/h3-7,10-11,13,16H,1H2,2H3. The second kappa shape index (κ2) is 7.67. The van der Waals surface area contributed by atoms with Crippen LogP contribution in [0.15, 0.2) is 42.5 Å². The molecule has 2 atom stereocenters. The molecule has 19 heavy (non-hydrogen) atoms. The zero-order valence-electron chi connectivity index (χ0n) is 10.3. The van der Waals surface area contributed by atoms with Gasteiger partial charge in [0.1, 0.15) is 9.49 Å².